The van der Waals surface area contributed by atoms with Crippen molar-refractivity contribution in [1.82, 2.24) is 10.2 Å². The lowest BCUT2D eigenvalue weighted by molar-refractivity contribution is -0.137. The van der Waals surface area contributed by atoms with Crippen molar-refractivity contribution in [3.8, 4) is 5.75 Å². The third-order valence-corrected chi connectivity index (χ3v) is 7.04. The molecule has 38 heavy (non-hydrogen) atoms. The number of carbonyl (C=O) groups is 2. The maximum atomic E-state index is 13.0. The van der Waals surface area contributed by atoms with Gasteiger partial charge in [-0.2, -0.15) is 13.2 Å². The number of ketones is 1. The molecule has 0 bridgehead atoms. The van der Waals surface area contributed by atoms with Gasteiger partial charge in [-0.25, -0.2) is 0 Å². The van der Waals surface area contributed by atoms with Crippen LogP contribution in [0.4, 0.5) is 13.2 Å². The van der Waals surface area contributed by atoms with Gasteiger partial charge in [-0.1, -0.05) is 17.7 Å². The number of carbonyl (C=O) groups excluding carboxylic acids is 2. The van der Waals surface area contributed by atoms with E-state index in [-0.39, 0.29) is 23.6 Å². The molecule has 202 valence electrons. The minimum atomic E-state index is -4.56. The maximum absolute atomic E-state index is 13.0. The number of ether oxygens (including phenoxy) is 1. The van der Waals surface area contributed by atoms with Gasteiger partial charge in [0.05, 0.1) is 22.7 Å². The molecule has 0 unspecified atom stereocenters. The zero-order valence-corrected chi connectivity index (χ0v) is 21.0. The van der Waals surface area contributed by atoms with Crippen molar-refractivity contribution in [3.05, 3.63) is 64.4 Å². The summed E-state index contributed by atoms with van der Waals surface area (Å²) in [5.41, 5.74) is -0.403. The van der Waals surface area contributed by atoms with Crippen molar-refractivity contribution in [2.45, 2.75) is 50.1 Å². The molecule has 3 aromatic rings. The summed E-state index contributed by atoms with van der Waals surface area (Å²) in [6, 6.07) is 7.95. The number of aliphatic hydroxyl groups excluding tert-OH is 1. The van der Waals surface area contributed by atoms with Crippen molar-refractivity contribution in [2.24, 2.45) is 0 Å². The molecule has 1 aromatic heterocycles. The topological polar surface area (TPSA) is 92.0 Å². The first-order valence-corrected chi connectivity index (χ1v) is 12.8. The van der Waals surface area contributed by atoms with Gasteiger partial charge in [0.15, 0.2) is 5.76 Å². The molecule has 1 aliphatic carbocycles. The Morgan fingerprint density at radius 1 is 1.13 bits per heavy atom. The summed E-state index contributed by atoms with van der Waals surface area (Å²) < 4.78 is 50.2. The zero-order valence-electron chi connectivity index (χ0n) is 20.3. The molecular weight excluding hydrogens is 525 g/mol. The SMILES string of the molecule is O=C(N[C@H](CN1CCCC1)[C@H](O)c1ccc(OC2CC2)c(Cl)c1)C(=O)c1cc2cc(C(F)(F)F)ccc2o1. The summed E-state index contributed by atoms with van der Waals surface area (Å²) >= 11 is 6.36. The van der Waals surface area contributed by atoms with Crippen LogP contribution in [0.2, 0.25) is 5.02 Å². The maximum Gasteiger partial charge on any atom is 0.416 e. The average molecular weight is 551 g/mol. The minimum absolute atomic E-state index is 0.0472. The molecule has 1 amide bonds. The third kappa shape index (κ3) is 5.98. The van der Waals surface area contributed by atoms with Crippen molar-refractivity contribution < 1.29 is 37.0 Å². The number of Topliss-reactive ketones (excluding diaryl/α,β-unsaturated/α-hetero) is 1. The van der Waals surface area contributed by atoms with Crippen LogP contribution < -0.4 is 10.1 Å². The Balaban J connectivity index is 1.34. The third-order valence-electron chi connectivity index (χ3n) is 6.74. The van der Waals surface area contributed by atoms with Crippen molar-refractivity contribution >= 4 is 34.3 Å². The number of rotatable bonds is 9. The van der Waals surface area contributed by atoms with E-state index in [1.807, 2.05) is 0 Å². The molecule has 1 aliphatic heterocycles. The second-order valence-corrected chi connectivity index (χ2v) is 10.1. The Kier molecular flexibility index (Phi) is 7.39. The van der Waals surface area contributed by atoms with Gasteiger partial charge in [-0.3, -0.25) is 9.59 Å². The predicted molar refractivity (Wildman–Crippen MR) is 133 cm³/mol. The van der Waals surface area contributed by atoms with E-state index in [9.17, 15) is 27.9 Å². The largest absolute Gasteiger partial charge is 0.489 e. The summed E-state index contributed by atoms with van der Waals surface area (Å²) in [7, 11) is 0. The van der Waals surface area contributed by atoms with E-state index in [1.165, 1.54) is 0 Å². The van der Waals surface area contributed by atoms with Crippen LogP contribution >= 0.6 is 11.6 Å². The van der Waals surface area contributed by atoms with E-state index in [4.69, 9.17) is 20.8 Å². The zero-order chi connectivity index (χ0) is 27.0. The molecule has 5 rings (SSSR count). The Morgan fingerprint density at radius 3 is 2.53 bits per heavy atom. The molecule has 2 aromatic carbocycles. The number of hydrogen-bond donors (Lipinski definition) is 2. The van der Waals surface area contributed by atoms with Crippen LogP contribution in [-0.2, 0) is 11.0 Å². The van der Waals surface area contributed by atoms with E-state index in [2.05, 4.69) is 10.2 Å². The smallest absolute Gasteiger partial charge is 0.416 e. The number of nitrogens with zero attached hydrogens (tertiary/aromatic N) is 1. The Bertz CT molecular complexity index is 1350. The standard InChI is InChI=1S/C27H26ClF3N2O5/c28-19-12-15(3-7-22(19)37-18-5-6-18)24(34)20(14-33-9-1-2-10-33)32-26(36)25(35)23-13-16-11-17(27(29,30)31)4-8-21(16)38-23/h3-4,7-8,11-13,18,20,24,34H,1-2,5-6,9-10,14H2,(H,32,36)/t20-,24-/m1/s1. The van der Waals surface area contributed by atoms with Crippen molar-refractivity contribution in [3.63, 3.8) is 0 Å². The molecule has 0 spiro atoms. The summed E-state index contributed by atoms with van der Waals surface area (Å²) in [4.78, 5) is 27.9. The average Bonchev–Trinajstić information content (AvgIpc) is 3.35. The van der Waals surface area contributed by atoms with E-state index >= 15 is 0 Å². The first kappa shape index (κ1) is 26.5. The number of alkyl halides is 3. The quantitative estimate of drug-likeness (QED) is 0.283. The van der Waals surface area contributed by atoms with Crippen LogP contribution in [0.25, 0.3) is 11.0 Å². The summed E-state index contributed by atoms with van der Waals surface area (Å²) in [6.45, 7) is 1.85. The van der Waals surface area contributed by atoms with Gasteiger partial charge < -0.3 is 24.5 Å². The summed E-state index contributed by atoms with van der Waals surface area (Å²) in [5.74, 6) is -1.97. The summed E-state index contributed by atoms with van der Waals surface area (Å²) in [6.07, 6.45) is -1.71. The van der Waals surface area contributed by atoms with Gasteiger partial charge in [0.25, 0.3) is 11.7 Å². The molecular formula is C27H26ClF3N2O5. The lowest BCUT2D eigenvalue weighted by Crippen LogP contribution is -2.48. The van der Waals surface area contributed by atoms with Crippen LogP contribution in [0.5, 0.6) is 5.75 Å². The lowest BCUT2D eigenvalue weighted by atomic mass is 10.0. The van der Waals surface area contributed by atoms with Crippen LogP contribution in [0.3, 0.4) is 0 Å². The fraction of sp³-hybridized carbons (Fsp3) is 0.407. The number of nitrogens with one attached hydrogen (secondary N) is 1. The van der Waals surface area contributed by atoms with Crippen LogP contribution in [0.1, 0.15) is 53.5 Å². The van der Waals surface area contributed by atoms with Crippen LogP contribution in [-0.4, -0.2) is 53.5 Å². The molecule has 2 atom stereocenters. The highest BCUT2D eigenvalue weighted by molar-refractivity contribution is 6.42. The second kappa shape index (κ2) is 10.6. The van der Waals surface area contributed by atoms with Crippen molar-refractivity contribution in [1.29, 1.82) is 0 Å². The number of furan rings is 1. The summed E-state index contributed by atoms with van der Waals surface area (Å²) in [5, 5.41) is 14.2. The molecule has 0 radical (unpaired) electrons. The van der Waals surface area contributed by atoms with Crippen LogP contribution in [0.15, 0.2) is 46.9 Å². The minimum Gasteiger partial charge on any atom is -0.489 e. The molecule has 2 N–H and O–H groups in total. The number of hydrogen-bond acceptors (Lipinski definition) is 6. The van der Waals surface area contributed by atoms with Gasteiger partial charge in [0.2, 0.25) is 0 Å². The van der Waals surface area contributed by atoms with Gasteiger partial charge in [-0.05, 0) is 80.7 Å². The van der Waals surface area contributed by atoms with Gasteiger partial charge in [0, 0.05) is 11.9 Å². The normalized spacial score (nSPS) is 17.9. The lowest BCUT2D eigenvalue weighted by Gasteiger charge is -2.28. The second-order valence-electron chi connectivity index (χ2n) is 9.73. The first-order valence-electron chi connectivity index (χ1n) is 12.4. The molecule has 2 heterocycles. The van der Waals surface area contributed by atoms with Crippen molar-refractivity contribution in [2.75, 3.05) is 19.6 Å². The van der Waals surface area contributed by atoms with Gasteiger partial charge in [0.1, 0.15) is 17.4 Å². The number of aliphatic hydroxyl groups is 1. The molecule has 1 saturated heterocycles. The highest BCUT2D eigenvalue weighted by Gasteiger charge is 2.33. The predicted octanol–water partition coefficient (Wildman–Crippen LogP) is 5.14. The molecule has 2 fully saturated rings. The molecule has 11 heteroatoms. The van der Waals surface area contributed by atoms with E-state index in [0.29, 0.717) is 16.3 Å². The van der Waals surface area contributed by atoms with Gasteiger partial charge >= 0.3 is 6.18 Å². The number of benzene rings is 2. The highest BCUT2D eigenvalue weighted by atomic mass is 35.5. The molecule has 2 aliphatic rings. The number of halogens is 4. The first-order chi connectivity index (χ1) is 18.1. The number of amides is 1. The van der Waals surface area contributed by atoms with Crippen LogP contribution in [0, 0.1) is 0 Å². The number of likely N-dealkylation sites (tertiary alicyclic amines) is 1. The van der Waals surface area contributed by atoms with E-state index in [0.717, 1.165) is 63.0 Å². The molecule has 7 nitrogen and oxygen atoms in total. The van der Waals surface area contributed by atoms with E-state index in [1.54, 1.807) is 18.2 Å². The van der Waals surface area contributed by atoms with Gasteiger partial charge in [-0.15, -0.1) is 0 Å². The Labute approximate surface area is 221 Å². The Hall–Kier alpha value is -3.08. The fourth-order valence-electron chi connectivity index (χ4n) is 4.54. The monoisotopic (exact) mass is 550 g/mol. The highest BCUT2D eigenvalue weighted by Crippen LogP contribution is 2.35. The Morgan fingerprint density at radius 2 is 1.87 bits per heavy atom. The molecule has 1 saturated carbocycles. The van der Waals surface area contributed by atoms with E-state index < -0.39 is 41.3 Å². The fourth-order valence-corrected chi connectivity index (χ4v) is 4.77. The number of fused-ring (bicyclic) bond motifs is 1.